The van der Waals surface area contributed by atoms with Crippen LogP contribution in [0, 0.1) is 17.3 Å². The second-order valence-electron chi connectivity index (χ2n) is 10.4. The molecule has 2 aromatic carbocycles. The molecule has 5 aliphatic rings. The third kappa shape index (κ3) is 3.24. The fourth-order valence-corrected chi connectivity index (χ4v) is 7.18. The van der Waals surface area contributed by atoms with Crippen molar-refractivity contribution in [1.82, 2.24) is 4.90 Å². The highest BCUT2D eigenvalue weighted by molar-refractivity contribution is 5.94. The molecular weight excluding hydrogens is 364 g/mol. The summed E-state index contributed by atoms with van der Waals surface area (Å²) in [7, 11) is 0. The molecule has 3 saturated heterocycles. The van der Waals surface area contributed by atoms with E-state index >= 15 is 0 Å². The summed E-state index contributed by atoms with van der Waals surface area (Å²) in [5.74, 6) is 2.09. The fourth-order valence-electron chi connectivity index (χ4n) is 7.18. The van der Waals surface area contributed by atoms with Crippen molar-refractivity contribution in [1.29, 1.82) is 0 Å². The zero-order valence-electron chi connectivity index (χ0n) is 18.0. The minimum Gasteiger partial charge on any atom is -0.294 e. The molecule has 1 atom stereocenters. The summed E-state index contributed by atoms with van der Waals surface area (Å²) < 4.78 is 0. The van der Waals surface area contributed by atoms with E-state index in [1.54, 1.807) is 0 Å². The van der Waals surface area contributed by atoms with Gasteiger partial charge < -0.3 is 0 Å². The van der Waals surface area contributed by atoms with E-state index < -0.39 is 0 Å². The number of aliphatic imine (C=N–C) groups is 1. The lowest BCUT2D eigenvalue weighted by molar-refractivity contribution is 0.135. The van der Waals surface area contributed by atoms with Gasteiger partial charge in [0.2, 0.25) is 0 Å². The predicted molar refractivity (Wildman–Crippen MR) is 124 cm³/mol. The van der Waals surface area contributed by atoms with Crippen molar-refractivity contribution in [3.8, 4) is 0 Å². The van der Waals surface area contributed by atoms with Gasteiger partial charge in [-0.3, -0.25) is 9.89 Å². The largest absolute Gasteiger partial charge is 0.294 e. The molecule has 7 rings (SSSR count). The Balaban J connectivity index is 1.40. The van der Waals surface area contributed by atoms with Crippen molar-refractivity contribution in [3.63, 3.8) is 0 Å². The van der Waals surface area contributed by atoms with Gasteiger partial charge in [-0.05, 0) is 80.5 Å². The zero-order chi connectivity index (χ0) is 20.0. The number of rotatable bonds is 5. The number of benzene rings is 2. The van der Waals surface area contributed by atoms with Crippen LogP contribution in [-0.4, -0.2) is 36.3 Å². The molecule has 156 valence electrons. The average molecular weight is 399 g/mol. The molecule has 0 amide bonds. The average Bonchev–Trinajstić information content (AvgIpc) is 3.42. The van der Waals surface area contributed by atoms with E-state index in [0.29, 0.717) is 23.3 Å². The van der Waals surface area contributed by atoms with Gasteiger partial charge in [-0.25, -0.2) is 0 Å². The van der Waals surface area contributed by atoms with Crippen LogP contribution in [0.5, 0.6) is 0 Å². The molecule has 2 aromatic rings. The van der Waals surface area contributed by atoms with E-state index in [9.17, 15) is 0 Å². The Morgan fingerprint density at radius 1 is 0.833 bits per heavy atom. The Morgan fingerprint density at radius 2 is 1.43 bits per heavy atom. The normalized spacial score (nSPS) is 36.1. The lowest BCUT2D eigenvalue weighted by Gasteiger charge is -2.50. The van der Waals surface area contributed by atoms with Crippen molar-refractivity contribution in [3.05, 3.63) is 71.8 Å². The maximum Gasteiger partial charge on any atom is 0.0589 e. The van der Waals surface area contributed by atoms with E-state index in [0.717, 1.165) is 12.5 Å². The summed E-state index contributed by atoms with van der Waals surface area (Å²) in [5, 5.41) is 0. The molecular formula is C28H34N2. The van der Waals surface area contributed by atoms with Crippen LogP contribution in [0.4, 0.5) is 0 Å². The van der Waals surface area contributed by atoms with Crippen LogP contribution in [0.2, 0.25) is 0 Å². The second-order valence-corrected chi connectivity index (χ2v) is 10.4. The Morgan fingerprint density at radius 3 is 1.97 bits per heavy atom. The van der Waals surface area contributed by atoms with Crippen molar-refractivity contribution < 1.29 is 0 Å². The van der Waals surface area contributed by atoms with Gasteiger partial charge in [0.05, 0.1) is 6.04 Å². The molecule has 3 aliphatic heterocycles. The molecule has 0 aromatic heterocycles. The highest BCUT2D eigenvalue weighted by Crippen LogP contribution is 2.54. The second kappa shape index (κ2) is 7.64. The summed E-state index contributed by atoms with van der Waals surface area (Å²) in [6.07, 6.45) is 9.83. The molecule has 2 aliphatic carbocycles. The molecule has 5 fully saturated rings. The predicted octanol–water partition coefficient (Wildman–Crippen LogP) is 5.93. The van der Waals surface area contributed by atoms with Crippen molar-refractivity contribution in [2.75, 3.05) is 19.6 Å². The van der Waals surface area contributed by atoms with Crippen LogP contribution in [0.15, 0.2) is 65.7 Å². The molecule has 2 saturated carbocycles. The first-order chi connectivity index (χ1) is 14.8. The molecule has 2 nitrogen and oxygen atoms in total. The van der Waals surface area contributed by atoms with Crippen molar-refractivity contribution >= 4 is 5.71 Å². The lowest BCUT2D eigenvalue weighted by Crippen LogP contribution is -2.58. The Kier molecular flexibility index (Phi) is 4.79. The molecule has 0 spiro atoms. The molecule has 2 heteroatoms. The molecule has 0 N–H and O–H groups in total. The summed E-state index contributed by atoms with van der Waals surface area (Å²) >= 11 is 0. The quantitative estimate of drug-likeness (QED) is 0.609. The lowest BCUT2D eigenvalue weighted by atomic mass is 9.72. The van der Waals surface area contributed by atoms with Gasteiger partial charge in [0.25, 0.3) is 0 Å². The number of piperidine rings is 3. The summed E-state index contributed by atoms with van der Waals surface area (Å²) in [6, 6.07) is 22.8. The van der Waals surface area contributed by atoms with E-state index in [1.165, 1.54) is 74.9 Å². The first-order valence-electron chi connectivity index (χ1n) is 12.2. The smallest absolute Gasteiger partial charge is 0.0589 e. The van der Waals surface area contributed by atoms with Gasteiger partial charge in [0.15, 0.2) is 0 Å². The fraction of sp³-hybridized carbons (Fsp3) is 0.536. The first kappa shape index (κ1) is 18.8. The van der Waals surface area contributed by atoms with Gasteiger partial charge >= 0.3 is 0 Å². The van der Waals surface area contributed by atoms with E-state index in [1.807, 2.05) is 0 Å². The SMILES string of the molecule is c1ccc(C(c2ccccc2)C2C(=NCC34CCC(CC3)C4)C3CCN2CC3)cc1. The minimum atomic E-state index is 0.381. The first-order valence-corrected chi connectivity index (χ1v) is 12.2. The Hall–Kier alpha value is -1.93. The Labute approximate surface area is 181 Å². The summed E-state index contributed by atoms with van der Waals surface area (Å²) in [5.41, 5.74) is 4.96. The summed E-state index contributed by atoms with van der Waals surface area (Å²) in [4.78, 5) is 8.30. The van der Waals surface area contributed by atoms with E-state index in [2.05, 4.69) is 65.6 Å². The monoisotopic (exact) mass is 398 g/mol. The Bertz CT molecular complexity index is 847. The van der Waals surface area contributed by atoms with Gasteiger partial charge in [0.1, 0.15) is 0 Å². The standard InChI is InChI=1S/C28H34N2/c1-3-7-22(8-4-1)25(23-9-5-2-6-10-23)27-26(24-13-17-30(27)18-14-24)29-20-28-15-11-21(19-28)12-16-28/h1-10,21,24-25,27H,11-20H2. The van der Waals surface area contributed by atoms with Crippen molar-refractivity contribution in [2.45, 2.75) is 56.9 Å². The minimum absolute atomic E-state index is 0.381. The molecule has 4 bridgehead atoms. The number of hydrogen-bond donors (Lipinski definition) is 0. The highest BCUT2D eigenvalue weighted by Gasteiger charge is 2.47. The molecule has 3 heterocycles. The van der Waals surface area contributed by atoms with E-state index in [-0.39, 0.29) is 0 Å². The van der Waals surface area contributed by atoms with Crippen LogP contribution in [0.3, 0.4) is 0 Å². The van der Waals surface area contributed by atoms with Crippen LogP contribution >= 0.6 is 0 Å². The van der Waals surface area contributed by atoms with Crippen LogP contribution < -0.4 is 0 Å². The highest BCUT2D eigenvalue weighted by atomic mass is 15.2. The van der Waals surface area contributed by atoms with Gasteiger partial charge in [0, 0.05) is 24.1 Å². The topological polar surface area (TPSA) is 15.6 Å². The van der Waals surface area contributed by atoms with Crippen LogP contribution in [0.25, 0.3) is 0 Å². The maximum absolute atomic E-state index is 5.55. The molecule has 1 unspecified atom stereocenters. The number of fused-ring (bicyclic) bond motifs is 5. The molecule has 0 radical (unpaired) electrons. The van der Waals surface area contributed by atoms with Crippen LogP contribution in [0.1, 0.15) is 62.0 Å². The van der Waals surface area contributed by atoms with Crippen LogP contribution in [-0.2, 0) is 0 Å². The summed E-state index contributed by atoms with van der Waals surface area (Å²) in [6.45, 7) is 3.56. The maximum atomic E-state index is 5.55. The van der Waals surface area contributed by atoms with Gasteiger partial charge in [-0.15, -0.1) is 0 Å². The number of hydrogen-bond acceptors (Lipinski definition) is 2. The van der Waals surface area contributed by atoms with Crippen molar-refractivity contribution in [2.24, 2.45) is 22.2 Å². The zero-order valence-corrected chi connectivity index (χ0v) is 18.0. The van der Waals surface area contributed by atoms with E-state index in [4.69, 9.17) is 4.99 Å². The molecule has 30 heavy (non-hydrogen) atoms. The van der Waals surface area contributed by atoms with Gasteiger partial charge in [-0.2, -0.15) is 0 Å². The van der Waals surface area contributed by atoms with Gasteiger partial charge in [-0.1, -0.05) is 60.7 Å². The third-order valence-electron chi connectivity index (χ3n) is 8.76. The number of nitrogens with zero attached hydrogens (tertiary/aromatic N) is 2. The third-order valence-corrected chi connectivity index (χ3v) is 8.76.